The van der Waals surface area contributed by atoms with Crippen LogP contribution in [0.15, 0.2) is 18.3 Å². The zero-order valence-corrected chi connectivity index (χ0v) is 13.8. The average molecular weight is 319 g/mol. The predicted octanol–water partition coefficient (Wildman–Crippen LogP) is 1.59. The molecule has 2 aromatic heterocycles. The first-order chi connectivity index (χ1) is 11.1. The number of pyridine rings is 1. The molecule has 0 spiro atoms. The first-order valence-corrected chi connectivity index (χ1v) is 7.74. The number of hydrogen-bond acceptors (Lipinski definition) is 5. The minimum Gasteiger partial charge on any atom is -0.481 e. The first kappa shape index (κ1) is 15.7. The topological polar surface area (TPSA) is 46.4 Å². The molecule has 0 N–H and O–H groups in total. The molecule has 0 unspecified atom stereocenters. The molecule has 2 aromatic rings. The van der Waals surface area contributed by atoms with Gasteiger partial charge in [0.05, 0.1) is 18.4 Å². The summed E-state index contributed by atoms with van der Waals surface area (Å²) >= 11 is 0. The van der Waals surface area contributed by atoms with Crippen LogP contribution in [-0.4, -0.2) is 53.0 Å². The molecule has 0 radical (unpaired) electrons. The highest BCUT2D eigenvalue weighted by molar-refractivity contribution is 5.40. The summed E-state index contributed by atoms with van der Waals surface area (Å²) in [6.07, 6.45) is 1.63. The molecule has 1 fully saturated rings. The molecule has 0 aliphatic carbocycles. The third kappa shape index (κ3) is 3.14. The molecular weight excluding hydrogens is 297 g/mol. The fourth-order valence-electron chi connectivity index (χ4n) is 3.07. The number of anilines is 1. The van der Waals surface area contributed by atoms with E-state index >= 15 is 0 Å². The molecule has 0 bridgehead atoms. The third-order valence-electron chi connectivity index (χ3n) is 4.27. The van der Waals surface area contributed by atoms with Crippen LogP contribution >= 0.6 is 0 Å². The zero-order valence-electron chi connectivity index (χ0n) is 13.8. The van der Waals surface area contributed by atoms with E-state index in [0.29, 0.717) is 5.82 Å². The Balaban J connectivity index is 1.65. The van der Waals surface area contributed by atoms with Gasteiger partial charge in [-0.3, -0.25) is 4.90 Å². The van der Waals surface area contributed by atoms with Crippen molar-refractivity contribution in [3.05, 3.63) is 35.4 Å². The molecule has 7 heteroatoms. The van der Waals surface area contributed by atoms with Gasteiger partial charge >= 0.3 is 0 Å². The van der Waals surface area contributed by atoms with Crippen LogP contribution in [0.4, 0.5) is 10.2 Å². The Hall–Kier alpha value is -2.15. The molecule has 1 aliphatic rings. The summed E-state index contributed by atoms with van der Waals surface area (Å²) in [6, 6.07) is 3.07. The van der Waals surface area contributed by atoms with Gasteiger partial charge in [0.2, 0.25) is 5.88 Å². The molecule has 3 rings (SSSR count). The van der Waals surface area contributed by atoms with Crippen LogP contribution in [0, 0.1) is 12.7 Å². The maximum atomic E-state index is 13.8. The van der Waals surface area contributed by atoms with Crippen LogP contribution in [0.3, 0.4) is 0 Å². The number of piperazine rings is 1. The Morgan fingerprint density at radius 1 is 1.26 bits per heavy atom. The molecule has 3 heterocycles. The van der Waals surface area contributed by atoms with E-state index in [2.05, 4.69) is 15.0 Å². The van der Waals surface area contributed by atoms with Gasteiger partial charge in [-0.05, 0) is 19.1 Å². The molecule has 0 atom stereocenters. The van der Waals surface area contributed by atoms with Crippen molar-refractivity contribution < 1.29 is 9.13 Å². The lowest BCUT2D eigenvalue weighted by Crippen LogP contribution is -2.46. The molecule has 6 nitrogen and oxygen atoms in total. The Bertz CT molecular complexity index is 679. The Morgan fingerprint density at radius 2 is 2.00 bits per heavy atom. The lowest BCUT2D eigenvalue weighted by molar-refractivity contribution is 0.243. The van der Waals surface area contributed by atoms with E-state index in [-0.39, 0.29) is 5.82 Å². The standard InChI is InChI=1S/C16H22FN5O/c1-12-13(16(23-3)20(2)19-12)11-21-7-9-22(10-8-21)15-14(17)5-4-6-18-15/h4-6H,7-11H2,1-3H3. The molecule has 0 aromatic carbocycles. The van der Waals surface area contributed by atoms with Crippen LogP contribution in [-0.2, 0) is 13.6 Å². The van der Waals surface area contributed by atoms with Gasteiger partial charge in [0.1, 0.15) is 0 Å². The number of nitrogens with zero attached hydrogens (tertiary/aromatic N) is 5. The number of rotatable bonds is 4. The second kappa shape index (κ2) is 6.54. The molecule has 23 heavy (non-hydrogen) atoms. The zero-order chi connectivity index (χ0) is 16.4. The van der Waals surface area contributed by atoms with Crippen molar-refractivity contribution in [3.63, 3.8) is 0 Å². The highest BCUT2D eigenvalue weighted by atomic mass is 19.1. The summed E-state index contributed by atoms with van der Waals surface area (Å²) in [4.78, 5) is 8.49. The van der Waals surface area contributed by atoms with Crippen molar-refractivity contribution in [2.75, 3.05) is 38.2 Å². The highest BCUT2D eigenvalue weighted by Gasteiger charge is 2.23. The summed E-state index contributed by atoms with van der Waals surface area (Å²) in [5.74, 6) is 0.994. The van der Waals surface area contributed by atoms with Gasteiger partial charge in [0.25, 0.3) is 0 Å². The lowest BCUT2D eigenvalue weighted by Gasteiger charge is -2.35. The van der Waals surface area contributed by atoms with Crippen molar-refractivity contribution in [2.24, 2.45) is 7.05 Å². The number of halogens is 1. The number of ether oxygens (including phenoxy) is 1. The van der Waals surface area contributed by atoms with Gasteiger partial charge in [0, 0.05) is 46.0 Å². The SMILES string of the molecule is COc1c(CN2CCN(c3ncccc3F)CC2)c(C)nn1C. The number of methoxy groups -OCH3 is 1. The van der Waals surface area contributed by atoms with Gasteiger partial charge in [-0.15, -0.1) is 0 Å². The van der Waals surface area contributed by atoms with Gasteiger partial charge < -0.3 is 9.64 Å². The van der Waals surface area contributed by atoms with E-state index in [1.165, 1.54) is 6.07 Å². The summed E-state index contributed by atoms with van der Waals surface area (Å²) < 4.78 is 21.0. The van der Waals surface area contributed by atoms with Crippen LogP contribution < -0.4 is 9.64 Å². The first-order valence-electron chi connectivity index (χ1n) is 7.74. The Labute approximate surface area is 135 Å². The number of aryl methyl sites for hydroxylation is 2. The third-order valence-corrected chi connectivity index (χ3v) is 4.27. The van der Waals surface area contributed by atoms with Crippen molar-refractivity contribution in [1.29, 1.82) is 0 Å². The minimum atomic E-state index is -0.259. The molecule has 124 valence electrons. The Morgan fingerprint density at radius 3 is 2.65 bits per heavy atom. The quantitative estimate of drug-likeness (QED) is 0.856. The summed E-state index contributed by atoms with van der Waals surface area (Å²) in [6.45, 7) is 6.02. The van der Waals surface area contributed by atoms with Crippen LogP contribution in [0.2, 0.25) is 0 Å². The van der Waals surface area contributed by atoms with E-state index < -0.39 is 0 Å². The predicted molar refractivity (Wildman–Crippen MR) is 86.2 cm³/mol. The maximum Gasteiger partial charge on any atom is 0.216 e. The summed E-state index contributed by atoms with van der Waals surface area (Å²) in [5.41, 5.74) is 2.11. The fraction of sp³-hybridized carbons (Fsp3) is 0.500. The lowest BCUT2D eigenvalue weighted by atomic mass is 10.2. The fourth-order valence-corrected chi connectivity index (χ4v) is 3.07. The largest absolute Gasteiger partial charge is 0.481 e. The normalized spacial score (nSPS) is 15.9. The summed E-state index contributed by atoms with van der Waals surface area (Å²) in [5, 5.41) is 4.42. The second-order valence-electron chi connectivity index (χ2n) is 5.77. The maximum absolute atomic E-state index is 13.8. The highest BCUT2D eigenvalue weighted by Crippen LogP contribution is 2.24. The Kier molecular flexibility index (Phi) is 4.47. The van der Waals surface area contributed by atoms with Crippen molar-refractivity contribution in [1.82, 2.24) is 19.7 Å². The minimum absolute atomic E-state index is 0.259. The van der Waals surface area contributed by atoms with E-state index in [1.54, 1.807) is 24.1 Å². The van der Waals surface area contributed by atoms with E-state index in [9.17, 15) is 4.39 Å². The van der Waals surface area contributed by atoms with Gasteiger partial charge in [0.15, 0.2) is 11.6 Å². The second-order valence-corrected chi connectivity index (χ2v) is 5.77. The molecule has 1 saturated heterocycles. The molecule has 0 saturated carbocycles. The van der Waals surface area contributed by atoms with E-state index in [4.69, 9.17) is 4.74 Å². The van der Waals surface area contributed by atoms with Gasteiger partial charge in [-0.1, -0.05) is 0 Å². The van der Waals surface area contributed by atoms with Crippen LogP contribution in [0.5, 0.6) is 5.88 Å². The van der Waals surface area contributed by atoms with E-state index in [0.717, 1.165) is 49.9 Å². The van der Waals surface area contributed by atoms with E-state index in [1.807, 2.05) is 18.9 Å². The molecule has 1 aliphatic heterocycles. The van der Waals surface area contributed by atoms with Crippen molar-refractivity contribution in [3.8, 4) is 5.88 Å². The molecule has 0 amide bonds. The molecular formula is C16H22FN5O. The van der Waals surface area contributed by atoms with Gasteiger partial charge in [-0.2, -0.15) is 5.10 Å². The smallest absolute Gasteiger partial charge is 0.216 e. The average Bonchev–Trinajstić information content (AvgIpc) is 2.82. The summed E-state index contributed by atoms with van der Waals surface area (Å²) in [7, 11) is 3.55. The monoisotopic (exact) mass is 319 g/mol. The van der Waals surface area contributed by atoms with Crippen LogP contribution in [0.25, 0.3) is 0 Å². The van der Waals surface area contributed by atoms with Crippen molar-refractivity contribution in [2.45, 2.75) is 13.5 Å². The van der Waals surface area contributed by atoms with Crippen LogP contribution in [0.1, 0.15) is 11.3 Å². The van der Waals surface area contributed by atoms with Crippen molar-refractivity contribution >= 4 is 5.82 Å². The number of aromatic nitrogens is 3. The number of hydrogen-bond donors (Lipinski definition) is 0. The van der Waals surface area contributed by atoms with Gasteiger partial charge in [-0.25, -0.2) is 14.1 Å².